The summed E-state index contributed by atoms with van der Waals surface area (Å²) in [6.07, 6.45) is 0. The number of ether oxygens (including phenoxy) is 1. The molecule has 0 amide bonds. The molecular weight excluding hydrogens is 226 g/mol. The molecule has 4 nitrogen and oxygen atoms in total. The molecule has 0 aliphatic heterocycles. The van der Waals surface area contributed by atoms with Crippen molar-refractivity contribution >= 4 is 10.0 Å². The van der Waals surface area contributed by atoms with E-state index in [1.54, 1.807) is 14.0 Å². The molecule has 0 radical (unpaired) electrons. The predicted octanol–water partition coefficient (Wildman–Crippen LogP) is 1.27. The van der Waals surface area contributed by atoms with Gasteiger partial charge >= 0.3 is 0 Å². The van der Waals surface area contributed by atoms with Crippen molar-refractivity contribution in [2.24, 2.45) is 0 Å². The first-order chi connectivity index (χ1) is 7.57. The van der Waals surface area contributed by atoms with Crippen molar-refractivity contribution in [3.05, 3.63) is 35.4 Å². The van der Waals surface area contributed by atoms with E-state index in [1.807, 2.05) is 24.3 Å². The van der Waals surface area contributed by atoms with Crippen molar-refractivity contribution in [2.75, 3.05) is 13.7 Å². The van der Waals surface area contributed by atoms with Gasteiger partial charge in [0.25, 0.3) is 0 Å². The van der Waals surface area contributed by atoms with Crippen LogP contribution in [0.5, 0.6) is 0 Å². The first-order valence-electron chi connectivity index (χ1n) is 5.11. The number of rotatable bonds is 6. The first kappa shape index (κ1) is 13.2. The molecule has 0 atom stereocenters. The van der Waals surface area contributed by atoms with Crippen molar-refractivity contribution < 1.29 is 13.2 Å². The minimum Gasteiger partial charge on any atom is -0.380 e. The fourth-order valence-corrected chi connectivity index (χ4v) is 2.56. The summed E-state index contributed by atoms with van der Waals surface area (Å²) in [5, 5.41) is 0. The van der Waals surface area contributed by atoms with Gasteiger partial charge in [-0.3, -0.25) is 0 Å². The molecule has 0 aromatic heterocycles. The molecule has 0 saturated heterocycles. The monoisotopic (exact) mass is 243 g/mol. The normalized spacial score (nSPS) is 11.6. The van der Waals surface area contributed by atoms with Crippen LogP contribution in [0.3, 0.4) is 0 Å². The van der Waals surface area contributed by atoms with Crippen molar-refractivity contribution in [1.29, 1.82) is 0 Å². The molecule has 0 fully saturated rings. The summed E-state index contributed by atoms with van der Waals surface area (Å²) in [5.74, 6) is 0.0219. The maximum absolute atomic E-state index is 11.5. The molecule has 1 aromatic rings. The molecule has 0 aliphatic rings. The second kappa shape index (κ2) is 5.98. The van der Waals surface area contributed by atoms with E-state index < -0.39 is 10.0 Å². The molecule has 16 heavy (non-hydrogen) atoms. The van der Waals surface area contributed by atoms with E-state index in [2.05, 4.69) is 4.72 Å². The Kier molecular flexibility index (Phi) is 4.92. The summed E-state index contributed by atoms with van der Waals surface area (Å²) in [7, 11) is -1.56. The largest absolute Gasteiger partial charge is 0.380 e. The zero-order chi connectivity index (χ0) is 12.0. The fourth-order valence-electron chi connectivity index (χ4n) is 1.39. The van der Waals surface area contributed by atoms with Crippen LogP contribution < -0.4 is 4.72 Å². The Morgan fingerprint density at radius 1 is 1.19 bits per heavy atom. The fraction of sp³-hybridized carbons (Fsp3) is 0.455. The number of hydrogen-bond donors (Lipinski definition) is 1. The van der Waals surface area contributed by atoms with E-state index >= 15 is 0 Å². The lowest BCUT2D eigenvalue weighted by atomic mass is 10.2. The molecule has 5 heteroatoms. The minimum absolute atomic E-state index is 0.0219. The van der Waals surface area contributed by atoms with Gasteiger partial charge in [-0.1, -0.05) is 31.2 Å². The average molecular weight is 243 g/mol. The van der Waals surface area contributed by atoms with Crippen molar-refractivity contribution in [3.8, 4) is 0 Å². The van der Waals surface area contributed by atoms with Gasteiger partial charge in [0, 0.05) is 13.7 Å². The smallest absolute Gasteiger partial charge is 0.215 e. The van der Waals surface area contributed by atoms with Crippen LogP contribution in [-0.4, -0.2) is 22.1 Å². The van der Waals surface area contributed by atoms with E-state index in [1.165, 1.54) is 0 Å². The Morgan fingerprint density at radius 2 is 1.75 bits per heavy atom. The van der Waals surface area contributed by atoms with Crippen LogP contribution in [-0.2, 0) is 27.1 Å². The summed E-state index contributed by atoms with van der Waals surface area (Å²) in [6.45, 7) is 2.73. The zero-order valence-corrected chi connectivity index (χ0v) is 10.4. The van der Waals surface area contributed by atoms with Gasteiger partial charge in [-0.15, -0.1) is 0 Å². The van der Waals surface area contributed by atoms with Crippen molar-refractivity contribution in [2.45, 2.75) is 19.3 Å². The first-order valence-corrected chi connectivity index (χ1v) is 6.76. The zero-order valence-electron chi connectivity index (χ0n) is 9.56. The van der Waals surface area contributed by atoms with Gasteiger partial charge < -0.3 is 4.74 Å². The van der Waals surface area contributed by atoms with Crippen LogP contribution in [0.25, 0.3) is 0 Å². The van der Waals surface area contributed by atoms with Crippen LogP contribution in [0.1, 0.15) is 18.1 Å². The van der Waals surface area contributed by atoms with E-state index in [4.69, 9.17) is 4.74 Å². The Balaban J connectivity index is 2.68. The second-order valence-corrected chi connectivity index (χ2v) is 5.31. The molecular formula is C11H17NO3S. The maximum Gasteiger partial charge on any atom is 0.215 e. The molecule has 1 N–H and O–H groups in total. The Morgan fingerprint density at radius 3 is 2.25 bits per heavy atom. The Bertz CT molecular complexity index is 411. The molecule has 0 unspecified atom stereocenters. The maximum atomic E-state index is 11.5. The summed E-state index contributed by atoms with van der Waals surface area (Å²) < 4.78 is 30.4. The van der Waals surface area contributed by atoms with E-state index in [9.17, 15) is 8.42 Å². The summed E-state index contributed by atoms with van der Waals surface area (Å²) in [5.41, 5.74) is 1.81. The Hall–Kier alpha value is -0.910. The van der Waals surface area contributed by atoms with Crippen molar-refractivity contribution in [3.63, 3.8) is 0 Å². The van der Waals surface area contributed by atoms with E-state index in [0.29, 0.717) is 13.2 Å². The second-order valence-electron chi connectivity index (χ2n) is 3.51. The van der Waals surface area contributed by atoms with Crippen LogP contribution in [0.15, 0.2) is 24.3 Å². The van der Waals surface area contributed by atoms with Crippen LogP contribution >= 0.6 is 0 Å². The van der Waals surface area contributed by atoms with Crippen LogP contribution in [0, 0.1) is 0 Å². The number of sulfonamides is 1. The van der Waals surface area contributed by atoms with Gasteiger partial charge in [-0.05, 0) is 11.1 Å². The topological polar surface area (TPSA) is 55.4 Å². The molecule has 0 aliphatic carbocycles. The van der Waals surface area contributed by atoms with E-state index in [0.717, 1.165) is 11.1 Å². The highest BCUT2D eigenvalue weighted by Gasteiger charge is 2.09. The van der Waals surface area contributed by atoms with Crippen LogP contribution in [0.4, 0.5) is 0 Å². The lowest BCUT2D eigenvalue weighted by Crippen LogP contribution is -2.24. The molecule has 0 spiro atoms. The third kappa shape index (κ3) is 4.30. The number of methoxy groups -OCH3 is 1. The molecule has 1 aromatic carbocycles. The molecule has 0 heterocycles. The van der Waals surface area contributed by atoms with Crippen molar-refractivity contribution in [1.82, 2.24) is 4.72 Å². The predicted molar refractivity (Wildman–Crippen MR) is 63.5 cm³/mol. The highest BCUT2D eigenvalue weighted by molar-refractivity contribution is 7.88. The number of nitrogens with one attached hydrogen (secondary N) is 1. The average Bonchev–Trinajstić information content (AvgIpc) is 2.21. The van der Waals surface area contributed by atoms with Crippen LogP contribution in [0.2, 0.25) is 0 Å². The quantitative estimate of drug-likeness (QED) is 0.818. The highest BCUT2D eigenvalue weighted by atomic mass is 32.2. The number of benzene rings is 1. The lowest BCUT2D eigenvalue weighted by molar-refractivity contribution is 0.185. The van der Waals surface area contributed by atoms with Gasteiger partial charge in [0.1, 0.15) is 0 Å². The third-order valence-corrected chi connectivity index (χ3v) is 3.50. The molecule has 90 valence electrons. The standard InChI is InChI=1S/C11H17NO3S/c1-3-12-16(13,14)9-11-6-4-10(5-7-11)8-15-2/h4-7,12H,3,8-9H2,1-2H3. The van der Waals surface area contributed by atoms with Gasteiger partial charge in [0.05, 0.1) is 12.4 Å². The molecule has 0 saturated carbocycles. The SMILES string of the molecule is CCNS(=O)(=O)Cc1ccc(COC)cc1. The summed E-state index contributed by atoms with van der Waals surface area (Å²) >= 11 is 0. The summed E-state index contributed by atoms with van der Waals surface area (Å²) in [6, 6.07) is 7.37. The Labute approximate surface area is 96.7 Å². The molecule has 1 rings (SSSR count). The lowest BCUT2D eigenvalue weighted by Gasteiger charge is -2.05. The van der Waals surface area contributed by atoms with Gasteiger partial charge in [0.15, 0.2) is 0 Å². The van der Waals surface area contributed by atoms with E-state index in [-0.39, 0.29) is 5.75 Å². The minimum atomic E-state index is -3.19. The van der Waals surface area contributed by atoms with Gasteiger partial charge in [-0.2, -0.15) is 0 Å². The molecule has 0 bridgehead atoms. The van der Waals surface area contributed by atoms with Gasteiger partial charge in [-0.25, -0.2) is 13.1 Å². The van der Waals surface area contributed by atoms with Gasteiger partial charge in [0.2, 0.25) is 10.0 Å². The third-order valence-electron chi connectivity index (χ3n) is 2.05. The highest BCUT2D eigenvalue weighted by Crippen LogP contribution is 2.08. The summed E-state index contributed by atoms with van der Waals surface area (Å²) in [4.78, 5) is 0. The number of hydrogen-bond acceptors (Lipinski definition) is 3.